The quantitative estimate of drug-likeness (QED) is 0.508. The minimum atomic E-state index is -0.981. The third kappa shape index (κ3) is 5.44. The SMILES string of the molecule is CCOC(=O)C1CCN(c2nc3c(c(=O)[nH]2)[C@H](C(=O)Nc2ccc(OCC)cc2)CC(=O)N3)CC1. The van der Waals surface area contributed by atoms with Crippen LogP contribution in [0.1, 0.15) is 44.6 Å². The summed E-state index contributed by atoms with van der Waals surface area (Å²) in [4.78, 5) is 59.5. The monoisotopic (exact) mass is 483 g/mol. The number of benzene rings is 1. The van der Waals surface area contributed by atoms with Crippen LogP contribution in [-0.2, 0) is 19.1 Å². The first kappa shape index (κ1) is 24.2. The minimum Gasteiger partial charge on any atom is -0.494 e. The summed E-state index contributed by atoms with van der Waals surface area (Å²) < 4.78 is 10.5. The van der Waals surface area contributed by atoms with Gasteiger partial charge in [0.05, 0.1) is 30.6 Å². The molecule has 2 amide bonds. The van der Waals surface area contributed by atoms with E-state index in [1.807, 2.05) is 11.8 Å². The van der Waals surface area contributed by atoms with E-state index in [2.05, 4.69) is 20.6 Å². The maximum Gasteiger partial charge on any atom is 0.309 e. The highest BCUT2D eigenvalue weighted by molar-refractivity contribution is 6.04. The standard InChI is InChI=1S/C24H29N5O6/c1-3-34-16-7-5-15(6-8-16)25-21(31)17-13-18(30)26-20-19(17)22(32)28-24(27-20)29-11-9-14(10-12-29)23(33)35-4-2/h5-8,14,17H,3-4,9-13H2,1-2H3,(H,25,31)(H2,26,27,28,30,32)/t17-/m1/s1. The van der Waals surface area contributed by atoms with Gasteiger partial charge in [0.1, 0.15) is 11.6 Å². The molecule has 2 aromatic rings. The molecule has 11 heteroatoms. The number of anilines is 3. The predicted octanol–water partition coefficient (Wildman–Crippen LogP) is 2.01. The summed E-state index contributed by atoms with van der Waals surface area (Å²) in [7, 11) is 0. The fourth-order valence-electron chi connectivity index (χ4n) is 4.35. The Kier molecular flexibility index (Phi) is 7.33. The number of amides is 2. The lowest BCUT2D eigenvalue weighted by molar-refractivity contribution is -0.148. The van der Waals surface area contributed by atoms with Crippen molar-refractivity contribution in [3.63, 3.8) is 0 Å². The Morgan fingerprint density at radius 1 is 1.11 bits per heavy atom. The van der Waals surface area contributed by atoms with E-state index < -0.39 is 23.3 Å². The van der Waals surface area contributed by atoms with Gasteiger partial charge >= 0.3 is 5.97 Å². The Bertz CT molecular complexity index is 1150. The highest BCUT2D eigenvalue weighted by atomic mass is 16.5. The lowest BCUT2D eigenvalue weighted by atomic mass is 9.92. The fraction of sp³-hybridized carbons (Fsp3) is 0.458. The maximum atomic E-state index is 13.0. The average Bonchev–Trinajstić information content (AvgIpc) is 2.85. The van der Waals surface area contributed by atoms with Crippen molar-refractivity contribution >= 4 is 35.2 Å². The van der Waals surface area contributed by atoms with Gasteiger partial charge in [-0.15, -0.1) is 0 Å². The predicted molar refractivity (Wildman–Crippen MR) is 129 cm³/mol. The Balaban J connectivity index is 1.50. The lowest BCUT2D eigenvalue weighted by Gasteiger charge is -2.32. The molecule has 0 spiro atoms. The van der Waals surface area contributed by atoms with Crippen LogP contribution in [0.5, 0.6) is 5.75 Å². The largest absolute Gasteiger partial charge is 0.494 e. The molecular weight excluding hydrogens is 454 g/mol. The van der Waals surface area contributed by atoms with Crippen LogP contribution in [0.15, 0.2) is 29.1 Å². The first-order valence-electron chi connectivity index (χ1n) is 11.8. The van der Waals surface area contributed by atoms with Crippen molar-refractivity contribution in [3.05, 3.63) is 40.2 Å². The minimum absolute atomic E-state index is 0.0827. The average molecular weight is 484 g/mol. The van der Waals surface area contributed by atoms with Gasteiger partial charge in [-0.05, 0) is 51.0 Å². The van der Waals surface area contributed by atoms with Gasteiger partial charge in [0.25, 0.3) is 5.56 Å². The van der Waals surface area contributed by atoms with Crippen LogP contribution in [0, 0.1) is 5.92 Å². The van der Waals surface area contributed by atoms with E-state index in [9.17, 15) is 19.2 Å². The second-order valence-electron chi connectivity index (χ2n) is 8.42. The summed E-state index contributed by atoms with van der Waals surface area (Å²) in [5.41, 5.74) is 0.166. The number of nitrogens with one attached hydrogen (secondary N) is 3. The molecule has 1 fully saturated rings. The van der Waals surface area contributed by atoms with Crippen LogP contribution in [-0.4, -0.2) is 54.1 Å². The van der Waals surface area contributed by atoms with Gasteiger partial charge in [-0.2, -0.15) is 4.98 Å². The molecule has 0 unspecified atom stereocenters. The van der Waals surface area contributed by atoms with E-state index in [0.717, 1.165) is 0 Å². The number of carbonyl (C=O) groups is 3. The summed E-state index contributed by atoms with van der Waals surface area (Å²) in [5, 5.41) is 5.39. The van der Waals surface area contributed by atoms with Gasteiger partial charge in [-0.1, -0.05) is 0 Å². The van der Waals surface area contributed by atoms with E-state index in [4.69, 9.17) is 9.47 Å². The summed E-state index contributed by atoms with van der Waals surface area (Å²) in [6.07, 6.45) is 0.975. The summed E-state index contributed by atoms with van der Waals surface area (Å²) in [6, 6.07) is 6.84. The van der Waals surface area contributed by atoms with Gasteiger partial charge in [0, 0.05) is 25.2 Å². The maximum absolute atomic E-state index is 13.0. The molecule has 2 aliphatic heterocycles. The van der Waals surface area contributed by atoms with E-state index in [1.165, 1.54) is 0 Å². The number of carbonyl (C=O) groups excluding carboxylic acids is 3. The summed E-state index contributed by atoms with van der Waals surface area (Å²) in [5.74, 6) is -1.20. The van der Waals surface area contributed by atoms with Gasteiger partial charge in [0.2, 0.25) is 17.8 Å². The van der Waals surface area contributed by atoms with Gasteiger partial charge in [-0.25, -0.2) is 0 Å². The molecule has 4 rings (SSSR count). The molecule has 1 atom stereocenters. The lowest BCUT2D eigenvalue weighted by Crippen LogP contribution is -2.41. The van der Waals surface area contributed by atoms with E-state index in [0.29, 0.717) is 56.5 Å². The first-order chi connectivity index (χ1) is 16.9. The third-order valence-corrected chi connectivity index (χ3v) is 6.10. The van der Waals surface area contributed by atoms with Crippen molar-refractivity contribution in [2.45, 2.75) is 39.0 Å². The number of aromatic amines is 1. The second kappa shape index (κ2) is 10.6. The number of hydrogen-bond donors (Lipinski definition) is 3. The van der Waals surface area contributed by atoms with Crippen molar-refractivity contribution in [3.8, 4) is 5.75 Å². The Morgan fingerprint density at radius 2 is 1.83 bits per heavy atom. The van der Waals surface area contributed by atoms with Crippen LogP contribution in [0.2, 0.25) is 0 Å². The summed E-state index contributed by atoms with van der Waals surface area (Å²) >= 11 is 0. The Labute approximate surface area is 202 Å². The molecule has 2 aliphatic rings. The topological polar surface area (TPSA) is 143 Å². The van der Waals surface area contributed by atoms with Gasteiger partial charge < -0.3 is 25.0 Å². The molecule has 0 radical (unpaired) electrons. The number of H-pyrrole nitrogens is 1. The van der Waals surface area contributed by atoms with Crippen molar-refractivity contribution < 1.29 is 23.9 Å². The zero-order valence-corrected chi connectivity index (χ0v) is 19.8. The highest BCUT2D eigenvalue weighted by Gasteiger charge is 2.36. The van der Waals surface area contributed by atoms with Crippen molar-refractivity contribution in [2.75, 3.05) is 41.8 Å². The fourth-order valence-corrected chi connectivity index (χ4v) is 4.35. The number of ether oxygens (including phenoxy) is 2. The molecule has 0 saturated carbocycles. The number of piperidine rings is 1. The molecule has 3 heterocycles. The number of fused-ring (bicyclic) bond motifs is 1. The number of hydrogen-bond acceptors (Lipinski definition) is 8. The zero-order valence-electron chi connectivity index (χ0n) is 19.8. The molecule has 186 valence electrons. The van der Waals surface area contributed by atoms with E-state index in [-0.39, 0.29) is 29.7 Å². The highest BCUT2D eigenvalue weighted by Crippen LogP contribution is 2.31. The first-order valence-corrected chi connectivity index (χ1v) is 11.8. The van der Waals surface area contributed by atoms with Crippen LogP contribution >= 0.6 is 0 Å². The van der Waals surface area contributed by atoms with Crippen LogP contribution in [0.25, 0.3) is 0 Å². The second-order valence-corrected chi connectivity index (χ2v) is 8.42. The zero-order chi connectivity index (χ0) is 24.9. The third-order valence-electron chi connectivity index (χ3n) is 6.10. The molecule has 0 aliphatic carbocycles. The molecule has 1 aromatic carbocycles. The molecule has 0 bridgehead atoms. The van der Waals surface area contributed by atoms with E-state index in [1.54, 1.807) is 31.2 Å². The van der Waals surface area contributed by atoms with Gasteiger partial charge in [-0.3, -0.25) is 24.2 Å². The normalized spacial score (nSPS) is 17.8. The number of rotatable bonds is 7. The van der Waals surface area contributed by atoms with Crippen molar-refractivity contribution in [1.29, 1.82) is 0 Å². The molecule has 1 saturated heterocycles. The van der Waals surface area contributed by atoms with Crippen LogP contribution in [0.4, 0.5) is 17.5 Å². The van der Waals surface area contributed by atoms with Gasteiger partial charge in [0.15, 0.2) is 0 Å². The Morgan fingerprint density at radius 3 is 2.49 bits per heavy atom. The van der Waals surface area contributed by atoms with E-state index >= 15 is 0 Å². The smallest absolute Gasteiger partial charge is 0.309 e. The molecule has 35 heavy (non-hydrogen) atoms. The number of esters is 1. The molecular formula is C24H29N5O6. The van der Waals surface area contributed by atoms with Crippen LogP contribution in [0.3, 0.4) is 0 Å². The Hall–Kier alpha value is -3.89. The van der Waals surface area contributed by atoms with Crippen LogP contribution < -0.4 is 25.8 Å². The van der Waals surface area contributed by atoms with Crippen molar-refractivity contribution in [1.82, 2.24) is 9.97 Å². The molecule has 11 nitrogen and oxygen atoms in total. The molecule has 1 aromatic heterocycles. The van der Waals surface area contributed by atoms with Crippen molar-refractivity contribution in [2.24, 2.45) is 5.92 Å². The number of nitrogens with zero attached hydrogens (tertiary/aromatic N) is 2. The number of aromatic nitrogens is 2. The molecule has 3 N–H and O–H groups in total. The summed E-state index contributed by atoms with van der Waals surface area (Å²) in [6.45, 7) is 5.52.